The first-order chi connectivity index (χ1) is 16.1. The summed E-state index contributed by atoms with van der Waals surface area (Å²) in [5.41, 5.74) is 0.297. The van der Waals surface area contributed by atoms with E-state index in [4.69, 9.17) is 0 Å². The van der Waals surface area contributed by atoms with Gasteiger partial charge in [-0.15, -0.1) is 11.3 Å². The number of fused-ring (bicyclic) bond motifs is 7. The van der Waals surface area contributed by atoms with Crippen molar-refractivity contribution in [2.45, 2.75) is 29.8 Å². The fourth-order valence-corrected chi connectivity index (χ4v) is 7.81. The first-order valence-electron chi connectivity index (χ1n) is 11.3. The van der Waals surface area contributed by atoms with E-state index in [-0.39, 0.29) is 23.6 Å². The monoisotopic (exact) mass is 455 g/mol. The fraction of sp³-hybridized carbons (Fsp3) is 0.269. The van der Waals surface area contributed by atoms with Crippen molar-refractivity contribution in [3.8, 4) is 0 Å². The van der Waals surface area contributed by atoms with E-state index < -0.39 is 16.9 Å². The molecule has 4 atom stereocenters. The van der Waals surface area contributed by atoms with Crippen LogP contribution < -0.4 is 10.6 Å². The minimum absolute atomic E-state index is 0.0530. The Morgan fingerprint density at radius 1 is 0.909 bits per heavy atom. The highest BCUT2D eigenvalue weighted by Crippen LogP contribution is 2.67. The molecule has 2 N–H and O–H groups in total. The van der Waals surface area contributed by atoms with Crippen LogP contribution in [-0.2, 0) is 20.5 Å². The Morgan fingerprint density at radius 2 is 1.61 bits per heavy atom. The van der Waals surface area contributed by atoms with E-state index in [0.717, 1.165) is 24.0 Å². The number of anilines is 2. The number of ketones is 1. The van der Waals surface area contributed by atoms with Gasteiger partial charge in [-0.05, 0) is 48.5 Å². The lowest BCUT2D eigenvalue weighted by molar-refractivity contribution is -0.137. The summed E-state index contributed by atoms with van der Waals surface area (Å²) in [6.45, 7) is 0.665. The van der Waals surface area contributed by atoms with Gasteiger partial charge in [0, 0.05) is 23.0 Å². The molecule has 33 heavy (non-hydrogen) atoms. The molecule has 164 valence electrons. The van der Waals surface area contributed by atoms with E-state index in [9.17, 15) is 14.4 Å². The Balaban J connectivity index is 1.62. The second-order valence-corrected chi connectivity index (χ2v) is 10.2. The maximum Gasteiger partial charge on any atom is 0.251 e. The first-order valence-corrected chi connectivity index (χ1v) is 12.2. The molecule has 2 amide bonds. The number of Topliss-reactive ketones (excluding diaryl/α,β-unsaturated/α-hetero) is 1. The Kier molecular flexibility index (Phi) is 3.72. The van der Waals surface area contributed by atoms with Crippen molar-refractivity contribution < 1.29 is 14.4 Å². The van der Waals surface area contributed by atoms with Gasteiger partial charge in [0.2, 0.25) is 5.91 Å². The number of nitrogens with one attached hydrogen (secondary N) is 2. The van der Waals surface area contributed by atoms with Crippen LogP contribution in [-0.4, -0.2) is 35.1 Å². The molecule has 5 heterocycles. The number of para-hydroxylation sites is 2. The minimum atomic E-state index is -1.35. The molecule has 7 heteroatoms. The van der Waals surface area contributed by atoms with Gasteiger partial charge in [-0.2, -0.15) is 0 Å². The van der Waals surface area contributed by atoms with Crippen molar-refractivity contribution in [1.29, 1.82) is 0 Å². The average Bonchev–Trinajstić information content (AvgIpc) is 3.62. The van der Waals surface area contributed by atoms with E-state index in [1.54, 1.807) is 0 Å². The molecule has 1 aromatic heterocycles. The number of hydrogen-bond donors (Lipinski definition) is 2. The molecule has 4 aliphatic heterocycles. The number of nitrogens with zero attached hydrogens (tertiary/aromatic N) is 1. The maximum absolute atomic E-state index is 14.2. The van der Waals surface area contributed by atoms with Crippen molar-refractivity contribution in [2.24, 2.45) is 5.92 Å². The Labute approximate surface area is 194 Å². The molecule has 4 aliphatic rings. The summed E-state index contributed by atoms with van der Waals surface area (Å²) >= 11 is 1.39. The van der Waals surface area contributed by atoms with Crippen LogP contribution in [0, 0.1) is 5.92 Å². The van der Waals surface area contributed by atoms with Crippen molar-refractivity contribution >= 4 is 40.3 Å². The van der Waals surface area contributed by atoms with Crippen molar-refractivity contribution in [2.75, 3.05) is 17.2 Å². The van der Waals surface area contributed by atoms with Gasteiger partial charge in [0.1, 0.15) is 11.0 Å². The van der Waals surface area contributed by atoms with Gasteiger partial charge in [-0.3, -0.25) is 19.3 Å². The molecule has 7 rings (SSSR count). The zero-order chi connectivity index (χ0) is 22.4. The molecule has 6 nitrogen and oxygen atoms in total. The summed E-state index contributed by atoms with van der Waals surface area (Å²) in [4.78, 5) is 45.4. The Hall–Kier alpha value is -3.29. The largest absolute Gasteiger partial charge is 0.325 e. The second-order valence-electron chi connectivity index (χ2n) is 9.24. The molecule has 0 unspecified atom stereocenters. The molecule has 0 aliphatic carbocycles. The van der Waals surface area contributed by atoms with Gasteiger partial charge >= 0.3 is 0 Å². The third-order valence-electron chi connectivity index (χ3n) is 8.05. The molecule has 2 fully saturated rings. The molecule has 0 saturated carbocycles. The van der Waals surface area contributed by atoms with E-state index in [1.165, 1.54) is 11.3 Å². The Bertz CT molecular complexity index is 1350. The van der Waals surface area contributed by atoms with Crippen molar-refractivity contribution in [3.63, 3.8) is 0 Å². The van der Waals surface area contributed by atoms with Gasteiger partial charge < -0.3 is 10.6 Å². The van der Waals surface area contributed by atoms with Gasteiger partial charge in [-0.1, -0.05) is 42.5 Å². The lowest BCUT2D eigenvalue weighted by Gasteiger charge is -2.43. The molecule has 0 radical (unpaired) electrons. The number of carbonyl (C=O) groups excluding carboxylic acids is 3. The Morgan fingerprint density at radius 3 is 2.36 bits per heavy atom. The molecule has 2 aromatic carbocycles. The smallest absolute Gasteiger partial charge is 0.251 e. The van der Waals surface area contributed by atoms with E-state index in [0.29, 0.717) is 22.8 Å². The number of thiophene rings is 1. The van der Waals surface area contributed by atoms with Crippen LogP contribution in [0.3, 0.4) is 0 Å². The zero-order valence-corrected chi connectivity index (χ0v) is 18.5. The topological polar surface area (TPSA) is 78.5 Å². The number of amides is 2. The zero-order valence-electron chi connectivity index (χ0n) is 17.7. The van der Waals surface area contributed by atoms with Crippen LogP contribution in [0.15, 0.2) is 66.0 Å². The molecule has 2 saturated heterocycles. The van der Waals surface area contributed by atoms with Gasteiger partial charge in [-0.25, -0.2) is 0 Å². The van der Waals surface area contributed by atoms with Crippen LogP contribution in [0.4, 0.5) is 11.4 Å². The summed E-state index contributed by atoms with van der Waals surface area (Å²) in [7, 11) is 0. The summed E-state index contributed by atoms with van der Waals surface area (Å²) < 4.78 is 0. The predicted octanol–water partition coefficient (Wildman–Crippen LogP) is 3.76. The molecule has 2 spiro atoms. The van der Waals surface area contributed by atoms with Crippen LogP contribution in [0.2, 0.25) is 0 Å². The molecular formula is C26H21N3O3S. The SMILES string of the molecule is O=C(c1cccs1)[C@@H]1[C@@H]2CCCN2[C@@]2(C(=O)Nc3ccccc32)[C@]12C(=O)Nc1ccccc12. The normalized spacial score (nSPS) is 31.5. The van der Waals surface area contributed by atoms with E-state index in [1.807, 2.05) is 66.0 Å². The predicted molar refractivity (Wildman–Crippen MR) is 125 cm³/mol. The standard InChI is InChI=1S/C26H21N3O3S/c30-22(20-12-6-14-33-20)21-19-11-5-13-29(19)26(16-8-2-4-10-18(16)28-24(26)32)25(21)15-7-1-3-9-17(15)27-23(25)31/h1-4,6-10,12,14,19,21H,5,11,13H2,(H,27,31)(H,28,32)/t19-,21-,25-,26-/m0/s1. The highest BCUT2D eigenvalue weighted by molar-refractivity contribution is 7.12. The van der Waals surface area contributed by atoms with Crippen LogP contribution >= 0.6 is 11.3 Å². The van der Waals surface area contributed by atoms with Crippen LogP contribution in [0.25, 0.3) is 0 Å². The molecular weight excluding hydrogens is 434 g/mol. The minimum Gasteiger partial charge on any atom is -0.325 e. The van der Waals surface area contributed by atoms with Crippen LogP contribution in [0.5, 0.6) is 0 Å². The molecule has 3 aromatic rings. The van der Waals surface area contributed by atoms with Crippen LogP contribution in [0.1, 0.15) is 33.6 Å². The molecule has 0 bridgehead atoms. The third-order valence-corrected chi connectivity index (χ3v) is 8.93. The van der Waals surface area contributed by atoms with Gasteiger partial charge in [0.25, 0.3) is 5.91 Å². The van der Waals surface area contributed by atoms with E-state index in [2.05, 4.69) is 15.5 Å². The first kappa shape index (κ1) is 19.2. The number of hydrogen-bond acceptors (Lipinski definition) is 5. The fourth-order valence-electron chi connectivity index (χ4n) is 7.11. The number of benzene rings is 2. The highest BCUT2D eigenvalue weighted by atomic mass is 32.1. The van der Waals surface area contributed by atoms with E-state index >= 15 is 0 Å². The van der Waals surface area contributed by atoms with Crippen molar-refractivity contribution in [1.82, 2.24) is 4.90 Å². The quantitative estimate of drug-likeness (QED) is 0.577. The van der Waals surface area contributed by atoms with Gasteiger partial charge in [0.05, 0.1) is 10.8 Å². The summed E-state index contributed by atoms with van der Waals surface area (Å²) in [5.74, 6) is -1.20. The number of carbonyl (C=O) groups is 3. The summed E-state index contributed by atoms with van der Waals surface area (Å²) in [6.07, 6.45) is 1.66. The maximum atomic E-state index is 14.2. The third kappa shape index (κ3) is 2.02. The lowest BCUT2D eigenvalue weighted by atomic mass is 9.57. The summed E-state index contributed by atoms with van der Waals surface area (Å²) in [6, 6.07) is 18.7. The lowest BCUT2D eigenvalue weighted by Crippen LogP contribution is -2.62. The van der Waals surface area contributed by atoms with Gasteiger partial charge in [0.15, 0.2) is 5.78 Å². The average molecular weight is 456 g/mol. The number of rotatable bonds is 2. The highest BCUT2D eigenvalue weighted by Gasteiger charge is 2.81. The second kappa shape index (κ2) is 6.40. The van der Waals surface area contributed by atoms with Crippen molar-refractivity contribution in [3.05, 3.63) is 82.0 Å². The summed E-state index contributed by atoms with van der Waals surface area (Å²) in [5, 5.41) is 8.01.